The van der Waals surface area contributed by atoms with Crippen LogP contribution in [0.1, 0.15) is 16.5 Å². The second-order valence-corrected chi connectivity index (χ2v) is 6.85. The number of aliphatic imine (C=N–C) groups is 1. The van der Waals surface area contributed by atoms with Crippen LogP contribution >= 0.6 is 46.9 Å². The van der Waals surface area contributed by atoms with Crippen molar-refractivity contribution in [3.8, 4) is 0 Å². The Morgan fingerprint density at radius 3 is 2.62 bits per heavy atom. The topological polar surface area (TPSA) is 39.7 Å². The molecule has 0 fully saturated rings. The van der Waals surface area contributed by atoms with Crippen LogP contribution in [0, 0.1) is 0 Å². The molecule has 0 amide bonds. The van der Waals surface area contributed by atoms with Crippen LogP contribution in [0.3, 0.4) is 0 Å². The van der Waals surface area contributed by atoms with Gasteiger partial charge in [-0.3, -0.25) is 4.99 Å². The molecule has 1 aromatic heterocycles. The third kappa shape index (κ3) is 6.58. The number of hydrogen-bond acceptors (Lipinski definition) is 3. The summed E-state index contributed by atoms with van der Waals surface area (Å²) in [6, 6.07) is 12.4. The van der Waals surface area contributed by atoms with Crippen LogP contribution in [0.25, 0.3) is 0 Å². The van der Waals surface area contributed by atoms with Gasteiger partial charge >= 0.3 is 0 Å². The Hall–Kier alpha value is -0.830. The minimum atomic E-state index is 0. The molecule has 2 rings (SSSR count). The minimum absolute atomic E-state index is 0. The Morgan fingerprint density at radius 1 is 1.25 bits per heavy atom. The molecule has 0 spiro atoms. The van der Waals surface area contributed by atoms with E-state index in [4.69, 9.17) is 11.6 Å². The summed E-state index contributed by atoms with van der Waals surface area (Å²) in [5.41, 5.74) is 1.13. The lowest BCUT2D eigenvalue weighted by Gasteiger charge is -2.24. The predicted octanol–water partition coefficient (Wildman–Crippen LogP) is 3.99. The van der Waals surface area contributed by atoms with Crippen molar-refractivity contribution in [1.82, 2.24) is 15.5 Å². The van der Waals surface area contributed by atoms with Crippen molar-refractivity contribution in [3.05, 3.63) is 57.2 Å². The van der Waals surface area contributed by atoms with Gasteiger partial charge in [-0.15, -0.1) is 35.3 Å². The summed E-state index contributed by atoms with van der Waals surface area (Å²) in [7, 11) is 5.96. The Bertz CT molecular complexity index is 631. The van der Waals surface area contributed by atoms with Crippen molar-refractivity contribution >= 4 is 52.9 Å². The van der Waals surface area contributed by atoms with Gasteiger partial charge in [-0.2, -0.15) is 0 Å². The lowest BCUT2D eigenvalue weighted by atomic mass is 10.2. The molecule has 1 atom stereocenters. The fraction of sp³-hybridized carbons (Fsp3) is 0.353. The maximum absolute atomic E-state index is 6.01. The summed E-state index contributed by atoms with van der Waals surface area (Å²) >= 11 is 7.78. The molecule has 1 aromatic carbocycles. The van der Waals surface area contributed by atoms with E-state index < -0.39 is 0 Å². The second kappa shape index (κ2) is 10.9. The van der Waals surface area contributed by atoms with Crippen LogP contribution < -0.4 is 10.6 Å². The van der Waals surface area contributed by atoms with E-state index in [0.29, 0.717) is 12.6 Å². The van der Waals surface area contributed by atoms with Gasteiger partial charge in [0.05, 0.1) is 6.04 Å². The molecular formula is C17H24ClIN4S. The maximum Gasteiger partial charge on any atom is 0.191 e. The van der Waals surface area contributed by atoms with Gasteiger partial charge in [0.2, 0.25) is 0 Å². The van der Waals surface area contributed by atoms with Crippen LogP contribution in [0.2, 0.25) is 5.02 Å². The molecule has 0 saturated heterocycles. The van der Waals surface area contributed by atoms with E-state index in [0.717, 1.165) is 23.1 Å². The fourth-order valence-electron chi connectivity index (χ4n) is 2.27. The quantitative estimate of drug-likeness (QED) is 0.375. The zero-order valence-corrected chi connectivity index (χ0v) is 18.0. The first-order chi connectivity index (χ1) is 11.1. The Balaban J connectivity index is 0.00000288. The highest BCUT2D eigenvalue weighted by Gasteiger charge is 2.15. The maximum atomic E-state index is 6.01. The number of thiophene rings is 1. The summed E-state index contributed by atoms with van der Waals surface area (Å²) < 4.78 is 0. The molecule has 24 heavy (non-hydrogen) atoms. The van der Waals surface area contributed by atoms with E-state index in [1.54, 1.807) is 18.4 Å². The van der Waals surface area contributed by atoms with Gasteiger partial charge in [0.1, 0.15) is 0 Å². The summed E-state index contributed by atoms with van der Waals surface area (Å²) in [5.74, 6) is 0.786. The molecule has 1 heterocycles. The van der Waals surface area contributed by atoms with Gasteiger partial charge in [0.25, 0.3) is 0 Å². The summed E-state index contributed by atoms with van der Waals surface area (Å²) in [5, 5.41) is 9.57. The number of guanidine groups is 1. The van der Waals surface area contributed by atoms with Gasteiger partial charge < -0.3 is 15.5 Å². The number of likely N-dealkylation sites (N-methyl/N-ethyl adjacent to an activating group) is 1. The summed E-state index contributed by atoms with van der Waals surface area (Å²) in [4.78, 5) is 7.84. The van der Waals surface area contributed by atoms with Crippen molar-refractivity contribution in [2.24, 2.45) is 4.99 Å². The first kappa shape index (κ1) is 21.2. The molecule has 0 aliphatic heterocycles. The highest BCUT2D eigenvalue weighted by atomic mass is 127. The van der Waals surface area contributed by atoms with E-state index in [-0.39, 0.29) is 24.0 Å². The van der Waals surface area contributed by atoms with E-state index in [1.165, 1.54) is 4.88 Å². The molecule has 0 saturated carbocycles. The second-order valence-electron chi connectivity index (χ2n) is 5.43. The molecule has 132 valence electrons. The van der Waals surface area contributed by atoms with Gasteiger partial charge in [-0.05, 0) is 43.2 Å². The summed E-state index contributed by atoms with van der Waals surface area (Å²) in [6.45, 7) is 1.48. The van der Waals surface area contributed by atoms with Gasteiger partial charge in [-0.1, -0.05) is 29.8 Å². The van der Waals surface area contributed by atoms with E-state index in [2.05, 4.69) is 52.1 Å². The number of hydrogen-bond donors (Lipinski definition) is 2. The van der Waals surface area contributed by atoms with Gasteiger partial charge in [-0.25, -0.2) is 0 Å². The van der Waals surface area contributed by atoms with Crippen LogP contribution in [0.5, 0.6) is 0 Å². The minimum Gasteiger partial charge on any atom is -0.354 e. The molecule has 0 aliphatic rings. The van der Waals surface area contributed by atoms with Crippen molar-refractivity contribution in [1.29, 1.82) is 0 Å². The smallest absolute Gasteiger partial charge is 0.191 e. The number of halogens is 2. The monoisotopic (exact) mass is 478 g/mol. The molecular weight excluding hydrogens is 455 g/mol. The normalized spacial score (nSPS) is 12.6. The molecule has 0 radical (unpaired) electrons. The molecule has 2 N–H and O–H groups in total. The molecule has 0 aliphatic carbocycles. The average Bonchev–Trinajstić information content (AvgIpc) is 3.04. The highest BCUT2D eigenvalue weighted by Crippen LogP contribution is 2.22. The van der Waals surface area contributed by atoms with E-state index in [1.807, 2.05) is 24.3 Å². The first-order valence-corrected chi connectivity index (χ1v) is 8.74. The van der Waals surface area contributed by atoms with Crippen LogP contribution in [0.15, 0.2) is 46.8 Å². The zero-order valence-electron chi connectivity index (χ0n) is 14.1. The fourth-order valence-corrected chi connectivity index (χ4v) is 3.40. The molecule has 2 aromatic rings. The first-order valence-electron chi connectivity index (χ1n) is 7.49. The van der Waals surface area contributed by atoms with E-state index >= 15 is 0 Å². The van der Waals surface area contributed by atoms with Gasteiger partial charge in [0, 0.05) is 30.0 Å². The standard InChI is InChI=1S/C17H23ClN4S.HI/c1-19-17(20-11-13-6-4-7-14(18)10-13)21-12-15(22(2)3)16-8-5-9-23-16;/h4-10,15H,11-12H2,1-3H3,(H2,19,20,21);1H. The van der Waals surface area contributed by atoms with Crippen molar-refractivity contribution in [3.63, 3.8) is 0 Å². The summed E-state index contributed by atoms with van der Waals surface area (Å²) in [6.07, 6.45) is 0. The third-order valence-electron chi connectivity index (χ3n) is 3.53. The Kier molecular flexibility index (Phi) is 9.65. The molecule has 4 nitrogen and oxygen atoms in total. The van der Waals surface area contributed by atoms with Crippen molar-refractivity contribution in [2.45, 2.75) is 12.6 Å². The van der Waals surface area contributed by atoms with E-state index in [9.17, 15) is 0 Å². The SMILES string of the molecule is CN=C(NCc1cccc(Cl)c1)NCC(c1cccs1)N(C)C.I. The lowest BCUT2D eigenvalue weighted by molar-refractivity contribution is 0.302. The molecule has 7 heteroatoms. The Labute approximate surface area is 170 Å². The number of nitrogens with one attached hydrogen (secondary N) is 2. The Morgan fingerprint density at radius 2 is 2.04 bits per heavy atom. The largest absolute Gasteiger partial charge is 0.354 e. The molecule has 0 bridgehead atoms. The predicted molar refractivity (Wildman–Crippen MR) is 116 cm³/mol. The lowest BCUT2D eigenvalue weighted by Crippen LogP contribution is -2.41. The molecule has 1 unspecified atom stereocenters. The van der Waals surface area contributed by atoms with Crippen molar-refractivity contribution in [2.75, 3.05) is 27.7 Å². The zero-order chi connectivity index (χ0) is 16.7. The van der Waals surface area contributed by atoms with Crippen LogP contribution in [-0.4, -0.2) is 38.5 Å². The number of benzene rings is 1. The van der Waals surface area contributed by atoms with Gasteiger partial charge in [0.15, 0.2) is 5.96 Å². The van der Waals surface area contributed by atoms with Crippen LogP contribution in [-0.2, 0) is 6.54 Å². The number of rotatable bonds is 6. The number of nitrogens with zero attached hydrogens (tertiary/aromatic N) is 2. The van der Waals surface area contributed by atoms with Crippen molar-refractivity contribution < 1.29 is 0 Å². The van der Waals surface area contributed by atoms with Crippen LogP contribution in [0.4, 0.5) is 0 Å². The third-order valence-corrected chi connectivity index (χ3v) is 4.74. The highest BCUT2D eigenvalue weighted by molar-refractivity contribution is 14.0. The average molecular weight is 479 g/mol.